The Labute approximate surface area is 194 Å². The Morgan fingerprint density at radius 1 is 1.06 bits per heavy atom. The lowest BCUT2D eigenvalue weighted by atomic mass is 10.2. The van der Waals surface area contributed by atoms with Gasteiger partial charge in [0.2, 0.25) is 12.3 Å². The van der Waals surface area contributed by atoms with E-state index < -0.39 is 23.7 Å². The molecule has 0 saturated carbocycles. The van der Waals surface area contributed by atoms with Crippen molar-refractivity contribution in [1.82, 2.24) is 9.80 Å². The van der Waals surface area contributed by atoms with Crippen molar-refractivity contribution >= 4 is 23.7 Å². The Hall–Kier alpha value is -3.02. The van der Waals surface area contributed by atoms with Gasteiger partial charge in [0.25, 0.3) is 0 Å². The first-order valence-electron chi connectivity index (χ1n) is 10.7. The fourth-order valence-electron chi connectivity index (χ4n) is 3.74. The van der Waals surface area contributed by atoms with E-state index in [2.05, 4.69) is 5.32 Å². The van der Waals surface area contributed by atoms with E-state index in [1.807, 2.05) is 9.80 Å². The van der Waals surface area contributed by atoms with E-state index >= 15 is 0 Å². The number of halogens is 4. The second-order valence-electron chi connectivity index (χ2n) is 8.06. The molecule has 2 N–H and O–H groups in total. The molecule has 7 nitrogen and oxygen atoms in total. The summed E-state index contributed by atoms with van der Waals surface area (Å²) < 4.78 is 51.8. The second-order valence-corrected chi connectivity index (χ2v) is 8.06. The summed E-state index contributed by atoms with van der Waals surface area (Å²) in [5.41, 5.74) is -0.399. The SMILES string of the molecule is O=CN(CC(O)CN1CCN(CC(=O)Nc2ccc(C(F)(F)F)cc2)CC1)c1ccccc1F. The van der Waals surface area contributed by atoms with Crippen LogP contribution < -0.4 is 10.2 Å². The highest BCUT2D eigenvalue weighted by Gasteiger charge is 2.30. The van der Waals surface area contributed by atoms with Gasteiger partial charge in [-0.05, 0) is 36.4 Å². The van der Waals surface area contributed by atoms with Crippen molar-refractivity contribution in [2.24, 2.45) is 0 Å². The molecular weight excluding hydrogens is 456 g/mol. The van der Waals surface area contributed by atoms with Crippen molar-refractivity contribution in [2.45, 2.75) is 12.3 Å². The fourth-order valence-corrected chi connectivity index (χ4v) is 3.74. The normalized spacial score (nSPS) is 16.1. The number of carbonyl (C=O) groups is 2. The Morgan fingerprint density at radius 2 is 1.68 bits per heavy atom. The number of nitrogens with one attached hydrogen (secondary N) is 1. The number of rotatable bonds is 9. The summed E-state index contributed by atoms with van der Waals surface area (Å²) in [6, 6.07) is 10.1. The molecule has 34 heavy (non-hydrogen) atoms. The zero-order valence-electron chi connectivity index (χ0n) is 18.3. The van der Waals surface area contributed by atoms with Crippen LogP contribution in [0.4, 0.5) is 28.9 Å². The summed E-state index contributed by atoms with van der Waals surface area (Å²) in [4.78, 5) is 28.6. The van der Waals surface area contributed by atoms with Gasteiger partial charge >= 0.3 is 6.18 Å². The van der Waals surface area contributed by atoms with Gasteiger partial charge in [-0.3, -0.25) is 19.4 Å². The number of aliphatic hydroxyl groups is 1. The molecule has 2 aromatic carbocycles. The van der Waals surface area contributed by atoms with Gasteiger partial charge in [-0.15, -0.1) is 0 Å². The average molecular weight is 482 g/mol. The van der Waals surface area contributed by atoms with E-state index in [0.29, 0.717) is 32.6 Å². The molecule has 0 bridgehead atoms. The Morgan fingerprint density at radius 3 is 2.26 bits per heavy atom. The second kappa shape index (κ2) is 11.4. The Balaban J connectivity index is 1.41. The van der Waals surface area contributed by atoms with Crippen molar-refractivity contribution in [3.8, 4) is 0 Å². The van der Waals surface area contributed by atoms with Gasteiger partial charge in [-0.2, -0.15) is 13.2 Å². The lowest BCUT2D eigenvalue weighted by molar-refractivity contribution is -0.137. The molecule has 1 heterocycles. The predicted octanol–water partition coefficient (Wildman–Crippen LogP) is 2.42. The summed E-state index contributed by atoms with van der Waals surface area (Å²) in [5.74, 6) is -0.884. The topological polar surface area (TPSA) is 76.1 Å². The molecule has 11 heteroatoms. The van der Waals surface area contributed by atoms with Crippen molar-refractivity contribution < 1.29 is 32.3 Å². The quantitative estimate of drug-likeness (QED) is 0.424. The molecule has 0 radical (unpaired) electrons. The zero-order valence-corrected chi connectivity index (χ0v) is 18.3. The molecular formula is C23H26F4N4O3. The summed E-state index contributed by atoms with van der Waals surface area (Å²) in [6.07, 6.45) is -4.84. The number of hydrogen-bond donors (Lipinski definition) is 2. The van der Waals surface area contributed by atoms with Gasteiger partial charge < -0.3 is 15.3 Å². The van der Waals surface area contributed by atoms with Gasteiger partial charge in [0, 0.05) is 38.4 Å². The van der Waals surface area contributed by atoms with Crippen molar-refractivity contribution in [3.05, 3.63) is 59.9 Å². The van der Waals surface area contributed by atoms with Crippen molar-refractivity contribution in [3.63, 3.8) is 0 Å². The zero-order chi connectivity index (χ0) is 24.7. The maximum atomic E-state index is 13.9. The molecule has 0 spiro atoms. The Bertz CT molecular complexity index is 963. The molecule has 0 aliphatic carbocycles. The summed E-state index contributed by atoms with van der Waals surface area (Å²) in [7, 11) is 0. The third-order valence-electron chi connectivity index (χ3n) is 5.49. The molecule has 2 amide bonds. The average Bonchev–Trinajstić information content (AvgIpc) is 2.79. The number of β-amino-alcohol motifs (C(OH)–C–C–N with tert-alkyl or cyclic N) is 1. The molecule has 1 saturated heterocycles. The first-order valence-corrected chi connectivity index (χ1v) is 10.7. The minimum absolute atomic E-state index is 0.0554. The number of alkyl halides is 3. The minimum atomic E-state index is -4.43. The lowest BCUT2D eigenvalue weighted by Gasteiger charge is -2.35. The molecule has 1 unspecified atom stereocenters. The van der Waals surface area contributed by atoms with E-state index in [1.54, 1.807) is 6.07 Å². The molecule has 2 aromatic rings. The third kappa shape index (κ3) is 7.24. The molecule has 1 aliphatic heterocycles. The smallest absolute Gasteiger partial charge is 0.390 e. The van der Waals surface area contributed by atoms with E-state index in [-0.39, 0.29) is 36.9 Å². The molecule has 0 aromatic heterocycles. The summed E-state index contributed by atoms with van der Waals surface area (Å²) in [5, 5.41) is 13.0. The number of amides is 2. The van der Waals surface area contributed by atoms with Crippen molar-refractivity contribution in [2.75, 3.05) is 56.0 Å². The van der Waals surface area contributed by atoms with Crippen LogP contribution in [0.5, 0.6) is 0 Å². The molecule has 184 valence electrons. The van der Waals surface area contributed by atoms with E-state index in [4.69, 9.17) is 0 Å². The molecule has 1 aliphatic rings. The maximum absolute atomic E-state index is 13.9. The van der Waals surface area contributed by atoms with Gasteiger partial charge in [-0.1, -0.05) is 12.1 Å². The van der Waals surface area contributed by atoms with Gasteiger partial charge in [0.1, 0.15) is 5.82 Å². The van der Waals surface area contributed by atoms with Crippen LogP contribution in [0.2, 0.25) is 0 Å². The monoisotopic (exact) mass is 482 g/mol. The van der Waals surface area contributed by atoms with Crippen LogP contribution in [-0.4, -0.2) is 79.1 Å². The van der Waals surface area contributed by atoms with E-state index in [0.717, 1.165) is 17.0 Å². The summed E-state index contributed by atoms with van der Waals surface area (Å²) in [6.45, 7) is 2.57. The first kappa shape index (κ1) is 25.6. The van der Waals surface area contributed by atoms with Crippen LogP contribution >= 0.6 is 0 Å². The third-order valence-corrected chi connectivity index (χ3v) is 5.49. The molecule has 1 atom stereocenters. The first-order chi connectivity index (χ1) is 16.2. The van der Waals surface area contributed by atoms with E-state index in [1.165, 1.54) is 30.3 Å². The van der Waals surface area contributed by atoms with Gasteiger partial charge in [0.15, 0.2) is 0 Å². The highest BCUT2D eigenvalue weighted by Crippen LogP contribution is 2.29. The molecule has 1 fully saturated rings. The minimum Gasteiger partial charge on any atom is -0.390 e. The predicted molar refractivity (Wildman–Crippen MR) is 119 cm³/mol. The highest BCUT2D eigenvalue weighted by atomic mass is 19.4. The van der Waals surface area contributed by atoms with Crippen molar-refractivity contribution in [1.29, 1.82) is 0 Å². The lowest BCUT2D eigenvalue weighted by Crippen LogP contribution is -2.51. The highest BCUT2D eigenvalue weighted by molar-refractivity contribution is 5.92. The number of para-hydroxylation sites is 1. The van der Waals surface area contributed by atoms with Crippen LogP contribution in [0.25, 0.3) is 0 Å². The van der Waals surface area contributed by atoms with Crippen LogP contribution in [0.1, 0.15) is 5.56 Å². The maximum Gasteiger partial charge on any atom is 0.416 e. The number of hydrogen-bond acceptors (Lipinski definition) is 5. The van der Waals surface area contributed by atoms with Gasteiger partial charge in [0.05, 0.1) is 30.4 Å². The van der Waals surface area contributed by atoms with Crippen LogP contribution in [0.15, 0.2) is 48.5 Å². The number of aliphatic hydroxyl groups excluding tert-OH is 1. The van der Waals surface area contributed by atoms with Crippen LogP contribution in [0.3, 0.4) is 0 Å². The number of piperazine rings is 1. The Kier molecular flexibility index (Phi) is 8.59. The number of anilines is 2. The number of nitrogens with zero attached hydrogens (tertiary/aromatic N) is 3. The van der Waals surface area contributed by atoms with Crippen LogP contribution in [-0.2, 0) is 15.8 Å². The van der Waals surface area contributed by atoms with Crippen LogP contribution in [0, 0.1) is 5.82 Å². The fraction of sp³-hybridized carbons (Fsp3) is 0.391. The largest absolute Gasteiger partial charge is 0.416 e. The number of benzene rings is 2. The summed E-state index contributed by atoms with van der Waals surface area (Å²) >= 11 is 0. The standard InChI is InChI=1S/C23H26F4N4O3/c24-20-3-1-2-4-21(20)31(16-32)14-19(33)13-29-9-11-30(12-10-29)15-22(34)28-18-7-5-17(6-8-18)23(25,26)27/h1-8,16,19,33H,9-15H2,(H,28,34). The van der Waals surface area contributed by atoms with Gasteiger partial charge in [-0.25, -0.2) is 4.39 Å². The molecule has 3 rings (SSSR count). The number of carbonyl (C=O) groups excluding carboxylic acids is 2. The van der Waals surface area contributed by atoms with E-state index in [9.17, 15) is 32.3 Å².